The zero-order chi connectivity index (χ0) is 9.35. The highest BCUT2D eigenvalue weighted by molar-refractivity contribution is 9.10. The van der Waals surface area contributed by atoms with E-state index in [4.69, 9.17) is 0 Å². The molecular weight excluding hydrogens is 219 g/mol. The SMILES string of the molecule is CC(C)(C)c1cccc(Br)c1F. The summed E-state index contributed by atoms with van der Waals surface area (Å²) in [4.78, 5) is 0. The van der Waals surface area contributed by atoms with Gasteiger partial charge in [0.2, 0.25) is 0 Å². The van der Waals surface area contributed by atoms with E-state index >= 15 is 0 Å². The molecule has 0 aliphatic heterocycles. The van der Waals surface area contributed by atoms with Gasteiger partial charge in [0.05, 0.1) is 4.47 Å². The Morgan fingerprint density at radius 1 is 1.25 bits per heavy atom. The van der Waals surface area contributed by atoms with Crippen LogP contribution in [0.15, 0.2) is 22.7 Å². The normalized spacial score (nSPS) is 11.8. The van der Waals surface area contributed by atoms with Crippen LogP contribution < -0.4 is 0 Å². The molecule has 0 radical (unpaired) electrons. The van der Waals surface area contributed by atoms with Crippen molar-refractivity contribution in [2.45, 2.75) is 26.2 Å². The summed E-state index contributed by atoms with van der Waals surface area (Å²) >= 11 is 3.16. The molecule has 0 fully saturated rings. The minimum atomic E-state index is -0.148. The second kappa shape index (κ2) is 3.17. The lowest BCUT2D eigenvalue weighted by atomic mass is 9.87. The smallest absolute Gasteiger partial charge is 0.141 e. The third kappa shape index (κ3) is 1.86. The molecule has 0 heterocycles. The maximum atomic E-state index is 13.5. The Bertz CT molecular complexity index is 286. The van der Waals surface area contributed by atoms with Crippen molar-refractivity contribution in [2.24, 2.45) is 0 Å². The Kier molecular flexibility index (Phi) is 2.57. The minimum Gasteiger partial charge on any atom is -0.205 e. The van der Waals surface area contributed by atoms with Crippen LogP contribution in [-0.4, -0.2) is 0 Å². The first-order valence-electron chi connectivity index (χ1n) is 3.87. The molecule has 0 bridgehead atoms. The van der Waals surface area contributed by atoms with E-state index in [0.717, 1.165) is 5.56 Å². The van der Waals surface area contributed by atoms with Crippen LogP contribution in [0.5, 0.6) is 0 Å². The predicted octanol–water partition coefficient (Wildman–Crippen LogP) is 3.89. The number of hydrogen-bond donors (Lipinski definition) is 0. The van der Waals surface area contributed by atoms with Gasteiger partial charge in [0.15, 0.2) is 0 Å². The fraction of sp³-hybridized carbons (Fsp3) is 0.400. The minimum absolute atomic E-state index is 0.131. The highest BCUT2D eigenvalue weighted by Crippen LogP contribution is 2.28. The highest BCUT2D eigenvalue weighted by atomic mass is 79.9. The standard InChI is InChI=1S/C10H12BrF/c1-10(2,3)7-5-4-6-8(11)9(7)12/h4-6H,1-3H3. The Balaban J connectivity index is 3.26. The lowest BCUT2D eigenvalue weighted by Crippen LogP contribution is -2.13. The van der Waals surface area contributed by atoms with E-state index in [9.17, 15) is 4.39 Å². The van der Waals surface area contributed by atoms with Gasteiger partial charge in [0.25, 0.3) is 0 Å². The van der Waals surface area contributed by atoms with Crippen LogP contribution in [0, 0.1) is 5.82 Å². The molecule has 0 atom stereocenters. The Morgan fingerprint density at radius 3 is 2.25 bits per heavy atom. The molecule has 1 aromatic rings. The first-order valence-corrected chi connectivity index (χ1v) is 4.66. The van der Waals surface area contributed by atoms with E-state index < -0.39 is 0 Å². The molecule has 0 aliphatic rings. The fourth-order valence-electron chi connectivity index (χ4n) is 1.08. The lowest BCUT2D eigenvalue weighted by molar-refractivity contribution is 0.519. The molecule has 66 valence electrons. The molecule has 12 heavy (non-hydrogen) atoms. The van der Waals surface area contributed by atoms with Crippen molar-refractivity contribution >= 4 is 15.9 Å². The summed E-state index contributed by atoms with van der Waals surface area (Å²) in [7, 11) is 0. The van der Waals surface area contributed by atoms with Gasteiger partial charge in [-0.15, -0.1) is 0 Å². The molecule has 0 aromatic heterocycles. The summed E-state index contributed by atoms with van der Waals surface area (Å²) in [5, 5.41) is 0. The molecule has 0 aliphatic carbocycles. The topological polar surface area (TPSA) is 0 Å². The predicted molar refractivity (Wildman–Crippen MR) is 52.8 cm³/mol. The molecule has 0 unspecified atom stereocenters. The first kappa shape index (κ1) is 9.72. The van der Waals surface area contributed by atoms with E-state index in [2.05, 4.69) is 15.9 Å². The average molecular weight is 231 g/mol. The van der Waals surface area contributed by atoms with E-state index in [-0.39, 0.29) is 11.2 Å². The van der Waals surface area contributed by atoms with Gasteiger partial charge in [-0.05, 0) is 33.0 Å². The zero-order valence-corrected chi connectivity index (χ0v) is 9.07. The second-order valence-electron chi connectivity index (χ2n) is 3.85. The van der Waals surface area contributed by atoms with Gasteiger partial charge in [0, 0.05) is 0 Å². The van der Waals surface area contributed by atoms with Crippen LogP contribution in [0.3, 0.4) is 0 Å². The number of rotatable bonds is 0. The van der Waals surface area contributed by atoms with Gasteiger partial charge in [-0.3, -0.25) is 0 Å². The van der Waals surface area contributed by atoms with Gasteiger partial charge in [-0.2, -0.15) is 0 Å². The Morgan fingerprint density at radius 2 is 1.83 bits per heavy atom. The van der Waals surface area contributed by atoms with Crippen molar-refractivity contribution < 1.29 is 4.39 Å². The number of halogens is 2. The largest absolute Gasteiger partial charge is 0.205 e. The molecule has 0 amide bonds. The average Bonchev–Trinajstić information content (AvgIpc) is 1.92. The van der Waals surface area contributed by atoms with Crippen LogP contribution in [0.4, 0.5) is 4.39 Å². The van der Waals surface area contributed by atoms with Gasteiger partial charge in [-0.1, -0.05) is 32.9 Å². The molecular formula is C10H12BrF. The van der Waals surface area contributed by atoms with Gasteiger partial charge >= 0.3 is 0 Å². The second-order valence-corrected chi connectivity index (χ2v) is 4.71. The van der Waals surface area contributed by atoms with Crippen molar-refractivity contribution in [2.75, 3.05) is 0 Å². The maximum absolute atomic E-state index is 13.5. The van der Waals surface area contributed by atoms with Crippen molar-refractivity contribution in [1.82, 2.24) is 0 Å². The van der Waals surface area contributed by atoms with E-state index in [0.29, 0.717) is 4.47 Å². The van der Waals surface area contributed by atoms with E-state index in [1.54, 1.807) is 6.07 Å². The molecule has 0 saturated heterocycles. The van der Waals surface area contributed by atoms with Crippen LogP contribution >= 0.6 is 15.9 Å². The quantitative estimate of drug-likeness (QED) is 0.635. The van der Waals surface area contributed by atoms with Crippen LogP contribution in [0.1, 0.15) is 26.3 Å². The summed E-state index contributed by atoms with van der Waals surface area (Å²) in [6.07, 6.45) is 0. The van der Waals surface area contributed by atoms with Crippen LogP contribution in [0.2, 0.25) is 0 Å². The van der Waals surface area contributed by atoms with E-state index in [1.165, 1.54) is 0 Å². The monoisotopic (exact) mass is 230 g/mol. The van der Waals surface area contributed by atoms with Gasteiger partial charge in [-0.25, -0.2) is 4.39 Å². The van der Waals surface area contributed by atoms with Crippen LogP contribution in [0.25, 0.3) is 0 Å². The lowest BCUT2D eigenvalue weighted by Gasteiger charge is -2.19. The molecule has 1 rings (SSSR count). The number of benzene rings is 1. The van der Waals surface area contributed by atoms with Crippen LogP contribution in [-0.2, 0) is 5.41 Å². The van der Waals surface area contributed by atoms with E-state index in [1.807, 2.05) is 32.9 Å². The number of hydrogen-bond acceptors (Lipinski definition) is 0. The summed E-state index contributed by atoms with van der Waals surface area (Å²) in [6, 6.07) is 5.39. The fourth-order valence-corrected chi connectivity index (χ4v) is 1.45. The summed E-state index contributed by atoms with van der Waals surface area (Å²) < 4.78 is 14.0. The molecule has 1 aromatic carbocycles. The Hall–Kier alpha value is -0.370. The molecule has 0 N–H and O–H groups in total. The third-order valence-corrected chi connectivity index (χ3v) is 2.37. The maximum Gasteiger partial charge on any atom is 0.141 e. The summed E-state index contributed by atoms with van der Waals surface area (Å²) in [6.45, 7) is 5.99. The summed E-state index contributed by atoms with van der Waals surface area (Å²) in [5.41, 5.74) is 0.616. The van der Waals surface area contributed by atoms with Gasteiger partial charge < -0.3 is 0 Å². The van der Waals surface area contributed by atoms with Crippen molar-refractivity contribution in [3.8, 4) is 0 Å². The molecule has 2 heteroatoms. The first-order chi connectivity index (χ1) is 5.43. The van der Waals surface area contributed by atoms with Crippen molar-refractivity contribution in [3.05, 3.63) is 34.1 Å². The Labute approximate surface area is 80.9 Å². The molecule has 0 saturated carbocycles. The molecule has 0 spiro atoms. The van der Waals surface area contributed by atoms with Crippen molar-refractivity contribution in [3.63, 3.8) is 0 Å². The zero-order valence-electron chi connectivity index (χ0n) is 7.49. The molecule has 0 nitrogen and oxygen atoms in total. The van der Waals surface area contributed by atoms with Crippen molar-refractivity contribution in [1.29, 1.82) is 0 Å². The third-order valence-electron chi connectivity index (χ3n) is 1.76. The van der Waals surface area contributed by atoms with Gasteiger partial charge in [0.1, 0.15) is 5.82 Å². The summed E-state index contributed by atoms with van der Waals surface area (Å²) in [5.74, 6) is -0.148. The highest BCUT2D eigenvalue weighted by Gasteiger charge is 2.19.